The van der Waals surface area contributed by atoms with Crippen LogP contribution in [0.25, 0.3) is 0 Å². The summed E-state index contributed by atoms with van der Waals surface area (Å²) in [7, 11) is 0. The van der Waals surface area contributed by atoms with Crippen molar-refractivity contribution in [2.75, 3.05) is 11.1 Å². The van der Waals surface area contributed by atoms with Crippen LogP contribution in [0.1, 0.15) is 11.5 Å². The van der Waals surface area contributed by atoms with Gasteiger partial charge in [0.2, 0.25) is 5.91 Å². The fourth-order valence-electron chi connectivity index (χ4n) is 1.92. The van der Waals surface area contributed by atoms with E-state index in [1.54, 1.807) is 13.8 Å². The lowest BCUT2D eigenvalue weighted by molar-refractivity contribution is -0.116. The van der Waals surface area contributed by atoms with E-state index in [0.717, 1.165) is 6.07 Å². The lowest BCUT2D eigenvalue weighted by atomic mass is 10.2. The molecule has 1 amide bonds. The Bertz CT molecular complexity index is 755. The summed E-state index contributed by atoms with van der Waals surface area (Å²) in [6, 6.07) is 5.23. The second-order valence-corrected chi connectivity index (χ2v) is 4.65. The number of nitrogens with two attached hydrogens (primary N) is 1. The number of carbonyl (C=O) groups is 1. The Morgan fingerprint density at radius 2 is 2.10 bits per heavy atom. The van der Waals surface area contributed by atoms with Gasteiger partial charge in [0.05, 0.1) is 5.69 Å². The molecule has 0 bridgehead atoms. The summed E-state index contributed by atoms with van der Waals surface area (Å²) in [5.41, 5.74) is 6.03. The summed E-state index contributed by atoms with van der Waals surface area (Å²) in [6.07, 6.45) is 0. The summed E-state index contributed by atoms with van der Waals surface area (Å²) in [4.78, 5) is 27.9. The van der Waals surface area contributed by atoms with Crippen molar-refractivity contribution >= 4 is 17.3 Å². The van der Waals surface area contributed by atoms with E-state index < -0.39 is 11.7 Å². The van der Waals surface area contributed by atoms with Crippen LogP contribution >= 0.6 is 0 Å². The van der Waals surface area contributed by atoms with Gasteiger partial charge in [-0.15, -0.1) is 0 Å². The van der Waals surface area contributed by atoms with Crippen molar-refractivity contribution in [1.82, 2.24) is 9.55 Å². The van der Waals surface area contributed by atoms with E-state index in [1.165, 1.54) is 22.8 Å². The van der Waals surface area contributed by atoms with E-state index in [4.69, 9.17) is 5.73 Å². The predicted octanol–water partition coefficient (Wildman–Crippen LogP) is 1.22. The molecular formula is C14H15FN4O2. The molecule has 3 N–H and O–H groups in total. The Morgan fingerprint density at radius 3 is 2.71 bits per heavy atom. The molecule has 0 aliphatic carbocycles. The standard InChI is InChI=1S/C14H15FN4O2/c1-8-5-14(21)19(9(2)17-8)7-13(20)18-10-3-4-11(15)12(16)6-10/h3-6H,7,16H2,1-2H3,(H,18,20). The van der Waals surface area contributed by atoms with Crippen LogP contribution in [-0.2, 0) is 11.3 Å². The Morgan fingerprint density at radius 1 is 1.38 bits per heavy atom. The summed E-state index contributed by atoms with van der Waals surface area (Å²) in [5, 5.41) is 2.55. The van der Waals surface area contributed by atoms with Crippen LogP contribution in [0.4, 0.5) is 15.8 Å². The van der Waals surface area contributed by atoms with Crippen LogP contribution in [0.15, 0.2) is 29.1 Å². The first-order chi connectivity index (χ1) is 9.86. The molecule has 0 unspecified atom stereocenters. The van der Waals surface area contributed by atoms with Gasteiger partial charge in [-0.3, -0.25) is 14.2 Å². The maximum Gasteiger partial charge on any atom is 0.254 e. The quantitative estimate of drug-likeness (QED) is 0.832. The molecule has 21 heavy (non-hydrogen) atoms. The van der Waals surface area contributed by atoms with Gasteiger partial charge in [-0.1, -0.05) is 0 Å². The zero-order valence-corrected chi connectivity index (χ0v) is 11.7. The molecule has 0 aliphatic heterocycles. The summed E-state index contributed by atoms with van der Waals surface area (Å²) in [6.45, 7) is 3.19. The predicted molar refractivity (Wildman–Crippen MR) is 77.4 cm³/mol. The lowest BCUT2D eigenvalue weighted by Crippen LogP contribution is -2.30. The normalized spacial score (nSPS) is 10.4. The largest absolute Gasteiger partial charge is 0.396 e. The molecule has 2 rings (SSSR count). The van der Waals surface area contributed by atoms with Gasteiger partial charge in [0.1, 0.15) is 18.2 Å². The number of hydrogen-bond donors (Lipinski definition) is 2. The summed E-state index contributed by atoms with van der Waals surface area (Å²) in [5.74, 6) is -0.520. The molecule has 1 aromatic heterocycles. The minimum absolute atomic E-state index is 0.0573. The molecule has 1 aromatic carbocycles. The number of hydrogen-bond acceptors (Lipinski definition) is 4. The highest BCUT2D eigenvalue weighted by molar-refractivity contribution is 5.91. The molecule has 6 nitrogen and oxygen atoms in total. The van der Waals surface area contributed by atoms with Crippen LogP contribution in [0.3, 0.4) is 0 Å². The number of nitrogen functional groups attached to an aromatic ring is 1. The van der Waals surface area contributed by atoms with Gasteiger partial charge < -0.3 is 11.1 Å². The number of nitrogens with one attached hydrogen (secondary N) is 1. The second kappa shape index (κ2) is 5.74. The van der Waals surface area contributed by atoms with E-state index in [0.29, 0.717) is 17.2 Å². The first-order valence-corrected chi connectivity index (χ1v) is 6.27. The first kappa shape index (κ1) is 14.7. The molecule has 0 saturated heterocycles. The number of benzene rings is 1. The Balaban J connectivity index is 2.15. The zero-order chi connectivity index (χ0) is 15.6. The first-order valence-electron chi connectivity index (χ1n) is 6.27. The minimum atomic E-state index is -0.553. The smallest absolute Gasteiger partial charge is 0.254 e. The number of nitrogens with zero attached hydrogens (tertiary/aromatic N) is 2. The van der Waals surface area contributed by atoms with E-state index in [9.17, 15) is 14.0 Å². The number of aryl methyl sites for hydroxylation is 2. The molecule has 0 atom stereocenters. The second-order valence-electron chi connectivity index (χ2n) is 4.65. The van der Waals surface area contributed by atoms with E-state index in [-0.39, 0.29) is 17.8 Å². The van der Waals surface area contributed by atoms with Crippen LogP contribution in [-0.4, -0.2) is 15.5 Å². The van der Waals surface area contributed by atoms with Gasteiger partial charge in [-0.25, -0.2) is 9.37 Å². The monoisotopic (exact) mass is 290 g/mol. The van der Waals surface area contributed by atoms with Crippen molar-refractivity contribution in [3.8, 4) is 0 Å². The molecule has 0 spiro atoms. The lowest BCUT2D eigenvalue weighted by Gasteiger charge is -2.10. The third kappa shape index (κ3) is 3.44. The van der Waals surface area contributed by atoms with E-state index in [2.05, 4.69) is 10.3 Å². The highest BCUT2D eigenvalue weighted by Crippen LogP contribution is 2.16. The highest BCUT2D eigenvalue weighted by atomic mass is 19.1. The molecule has 0 radical (unpaired) electrons. The zero-order valence-electron chi connectivity index (χ0n) is 11.7. The van der Waals surface area contributed by atoms with Gasteiger partial charge in [-0.05, 0) is 32.0 Å². The average Bonchev–Trinajstić information content (AvgIpc) is 2.38. The maximum absolute atomic E-state index is 13.0. The van der Waals surface area contributed by atoms with Crippen LogP contribution in [0.2, 0.25) is 0 Å². The third-order valence-electron chi connectivity index (χ3n) is 2.91. The van der Waals surface area contributed by atoms with Gasteiger partial charge >= 0.3 is 0 Å². The van der Waals surface area contributed by atoms with Crippen molar-refractivity contribution in [2.24, 2.45) is 0 Å². The molecule has 110 valence electrons. The molecule has 0 fully saturated rings. The molecule has 1 heterocycles. The van der Waals surface area contributed by atoms with E-state index >= 15 is 0 Å². The maximum atomic E-state index is 13.0. The molecule has 0 aliphatic rings. The van der Waals surface area contributed by atoms with Gasteiger partial charge in [0.15, 0.2) is 0 Å². The number of halogens is 1. The number of amides is 1. The fraction of sp³-hybridized carbons (Fsp3) is 0.214. The minimum Gasteiger partial charge on any atom is -0.396 e. The molecule has 2 aromatic rings. The van der Waals surface area contributed by atoms with Gasteiger partial charge in [0.25, 0.3) is 5.56 Å². The molecule has 7 heteroatoms. The van der Waals surface area contributed by atoms with Crippen LogP contribution in [0, 0.1) is 19.7 Å². The Labute approximate surface area is 120 Å². The number of anilines is 2. The van der Waals surface area contributed by atoms with Crippen molar-refractivity contribution < 1.29 is 9.18 Å². The van der Waals surface area contributed by atoms with Crippen molar-refractivity contribution in [2.45, 2.75) is 20.4 Å². The van der Waals surface area contributed by atoms with Gasteiger partial charge in [-0.2, -0.15) is 0 Å². The molecule has 0 saturated carbocycles. The molecular weight excluding hydrogens is 275 g/mol. The van der Waals surface area contributed by atoms with Crippen molar-refractivity contribution in [3.63, 3.8) is 0 Å². The Hall–Kier alpha value is -2.70. The van der Waals surface area contributed by atoms with E-state index in [1.807, 2.05) is 0 Å². The highest BCUT2D eigenvalue weighted by Gasteiger charge is 2.09. The number of rotatable bonds is 3. The van der Waals surface area contributed by atoms with Crippen LogP contribution < -0.4 is 16.6 Å². The number of carbonyl (C=O) groups excluding carboxylic acids is 1. The number of aromatic nitrogens is 2. The Kier molecular flexibility index (Phi) is 4.02. The van der Waals surface area contributed by atoms with Crippen molar-refractivity contribution in [3.05, 3.63) is 52.0 Å². The van der Waals surface area contributed by atoms with Crippen LogP contribution in [0.5, 0.6) is 0 Å². The summed E-state index contributed by atoms with van der Waals surface area (Å²) >= 11 is 0. The van der Waals surface area contributed by atoms with Crippen molar-refractivity contribution in [1.29, 1.82) is 0 Å². The fourth-order valence-corrected chi connectivity index (χ4v) is 1.92. The third-order valence-corrected chi connectivity index (χ3v) is 2.91. The summed E-state index contributed by atoms with van der Waals surface area (Å²) < 4.78 is 14.3. The van der Waals surface area contributed by atoms with Gasteiger partial charge in [0, 0.05) is 17.4 Å². The average molecular weight is 290 g/mol. The SMILES string of the molecule is Cc1cc(=O)n(CC(=O)Nc2ccc(F)c(N)c2)c(C)n1. The topological polar surface area (TPSA) is 90.0 Å².